The molecule has 2 aromatic carbocycles. The molecule has 2 N–H and O–H groups in total. The van der Waals surface area contributed by atoms with Crippen molar-refractivity contribution in [3.8, 4) is 11.4 Å². The van der Waals surface area contributed by atoms with Crippen LogP contribution in [0.1, 0.15) is 40.5 Å². The van der Waals surface area contributed by atoms with Gasteiger partial charge in [-0.05, 0) is 30.7 Å². The zero-order valence-corrected chi connectivity index (χ0v) is 13.8. The Hall–Kier alpha value is -3.15. The van der Waals surface area contributed by atoms with Gasteiger partial charge in [-0.3, -0.25) is 0 Å². The Balaban J connectivity index is 2.26. The van der Waals surface area contributed by atoms with E-state index >= 15 is 0 Å². The van der Waals surface area contributed by atoms with E-state index in [0.717, 1.165) is 18.4 Å². The molecule has 6 nitrogen and oxygen atoms in total. The van der Waals surface area contributed by atoms with E-state index in [-0.39, 0.29) is 11.1 Å². The molecule has 0 saturated carbocycles. The molecule has 0 radical (unpaired) electrons. The molecule has 6 heteroatoms. The molecule has 0 aliphatic heterocycles. The summed E-state index contributed by atoms with van der Waals surface area (Å²) in [6, 6.07) is 11.5. The molecule has 0 atom stereocenters. The lowest BCUT2D eigenvalue weighted by molar-refractivity contribution is 0.0686. The van der Waals surface area contributed by atoms with Gasteiger partial charge in [-0.2, -0.15) is 0 Å². The van der Waals surface area contributed by atoms with Crippen LogP contribution in [0, 0.1) is 0 Å². The van der Waals surface area contributed by atoms with Crippen molar-refractivity contribution in [1.82, 2.24) is 9.55 Å². The maximum atomic E-state index is 11.6. The number of carbonyl (C=O) groups is 2. The molecule has 128 valence electrons. The molecule has 0 amide bonds. The van der Waals surface area contributed by atoms with E-state index in [4.69, 9.17) is 0 Å². The number of unbranched alkanes of at least 4 members (excludes halogenated alkanes) is 1. The van der Waals surface area contributed by atoms with Crippen molar-refractivity contribution in [3.05, 3.63) is 53.6 Å². The predicted octanol–water partition coefficient (Wildman–Crippen LogP) is 3.90. The van der Waals surface area contributed by atoms with Gasteiger partial charge < -0.3 is 14.8 Å². The maximum absolute atomic E-state index is 11.6. The molecule has 0 saturated heterocycles. The maximum Gasteiger partial charge on any atom is 0.336 e. The van der Waals surface area contributed by atoms with Crippen LogP contribution in [0.25, 0.3) is 22.4 Å². The molecule has 0 spiro atoms. The van der Waals surface area contributed by atoms with E-state index in [1.165, 1.54) is 6.07 Å². The molecule has 0 aliphatic carbocycles. The summed E-state index contributed by atoms with van der Waals surface area (Å²) in [5.41, 5.74) is 2.21. The zero-order chi connectivity index (χ0) is 18.0. The summed E-state index contributed by atoms with van der Waals surface area (Å²) in [7, 11) is 0. The number of hydrogen-bond acceptors (Lipinski definition) is 3. The first kappa shape index (κ1) is 16.7. The molecule has 0 fully saturated rings. The third-order valence-electron chi connectivity index (χ3n) is 4.13. The highest BCUT2D eigenvalue weighted by Crippen LogP contribution is 2.28. The normalized spacial score (nSPS) is 10.9. The smallest absolute Gasteiger partial charge is 0.336 e. The van der Waals surface area contributed by atoms with Gasteiger partial charge in [-0.1, -0.05) is 31.5 Å². The summed E-state index contributed by atoms with van der Waals surface area (Å²) in [5.74, 6) is -1.49. The lowest BCUT2D eigenvalue weighted by atomic mass is 10.1. The Morgan fingerprint density at radius 2 is 1.84 bits per heavy atom. The highest BCUT2D eigenvalue weighted by Gasteiger charge is 2.19. The van der Waals surface area contributed by atoms with Crippen LogP contribution < -0.4 is 0 Å². The molecule has 3 aromatic rings. The van der Waals surface area contributed by atoms with Crippen molar-refractivity contribution < 1.29 is 19.8 Å². The number of fused-ring (bicyclic) bond motifs is 1. The Bertz CT molecular complexity index is 959. The second kappa shape index (κ2) is 6.76. The lowest BCUT2D eigenvalue weighted by Gasteiger charge is -2.10. The molecule has 1 aromatic heterocycles. The van der Waals surface area contributed by atoms with E-state index in [1.807, 2.05) is 4.57 Å². The topological polar surface area (TPSA) is 92.4 Å². The summed E-state index contributed by atoms with van der Waals surface area (Å²) in [4.78, 5) is 27.3. The molecule has 0 unspecified atom stereocenters. The van der Waals surface area contributed by atoms with Crippen molar-refractivity contribution in [2.45, 2.75) is 26.3 Å². The number of imidazole rings is 1. The summed E-state index contributed by atoms with van der Waals surface area (Å²) in [6.07, 6.45) is 1.89. The van der Waals surface area contributed by atoms with E-state index in [2.05, 4.69) is 11.9 Å². The fraction of sp³-hybridized carbons (Fsp3) is 0.211. The molecular weight excluding hydrogens is 320 g/mol. The highest BCUT2D eigenvalue weighted by atomic mass is 16.4. The minimum atomic E-state index is -1.02. The third-order valence-corrected chi connectivity index (χ3v) is 4.13. The van der Waals surface area contributed by atoms with E-state index in [0.29, 0.717) is 23.4 Å². The first-order valence-corrected chi connectivity index (χ1v) is 8.09. The van der Waals surface area contributed by atoms with Gasteiger partial charge in [-0.25, -0.2) is 14.6 Å². The number of rotatable bonds is 6. The van der Waals surface area contributed by atoms with Crippen molar-refractivity contribution in [2.75, 3.05) is 0 Å². The van der Waals surface area contributed by atoms with Gasteiger partial charge >= 0.3 is 11.9 Å². The Kier molecular flexibility index (Phi) is 4.52. The van der Waals surface area contributed by atoms with Crippen LogP contribution in [0.5, 0.6) is 0 Å². The quantitative estimate of drug-likeness (QED) is 0.711. The summed E-state index contributed by atoms with van der Waals surface area (Å²) in [6.45, 7) is 2.76. The summed E-state index contributed by atoms with van der Waals surface area (Å²) < 4.78 is 1.96. The third kappa shape index (κ3) is 3.10. The molecule has 3 rings (SSSR count). The van der Waals surface area contributed by atoms with Crippen LogP contribution in [-0.2, 0) is 6.54 Å². The van der Waals surface area contributed by atoms with Crippen molar-refractivity contribution in [3.63, 3.8) is 0 Å². The minimum Gasteiger partial charge on any atom is -0.478 e. The standard InChI is InChI=1S/C19H18N2O4/c1-2-3-10-21-16-9-8-12(18(22)23)11-15(16)20-17(21)13-6-4-5-7-14(13)19(24)25/h4-9,11H,2-3,10H2,1H3,(H,22,23)(H,24,25). The number of benzene rings is 2. The van der Waals surface area contributed by atoms with Gasteiger partial charge in [0.05, 0.1) is 22.2 Å². The molecular formula is C19H18N2O4. The Morgan fingerprint density at radius 1 is 1.08 bits per heavy atom. The van der Waals surface area contributed by atoms with Crippen LogP contribution in [0.3, 0.4) is 0 Å². The van der Waals surface area contributed by atoms with Gasteiger partial charge in [0, 0.05) is 12.1 Å². The molecule has 0 bridgehead atoms. The second-order valence-corrected chi connectivity index (χ2v) is 5.80. The molecule has 25 heavy (non-hydrogen) atoms. The van der Waals surface area contributed by atoms with Crippen molar-refractivity contribution in [2.24, 2.45) is 0 Å². The van der Waals surface area contributed by atoms with Crippen LogP contribution in [0.2, 0.25) is 0 Å². The number of carboxylic acids is 2. The number of aromatic carboxylic acids is 2. The van der Waals surface area contributed by atoms with Crippen LogP contribution in [-0.4, -0.2) is 31.7 Å². The fourth-order valence-electron chi connectivity index (χ4n) is 2.88. The van der Waals surface area contributed by atoms with E-state index in [1.54, 1.807) is 36.4 Å². The fourth-order valence-corrected chi connectivity index (χ4v) is 2.88. The first-order chi connectivity index (χ1) is 12.0. The highest BCUT2D eigenvalue weighted by molar-refractivity contribution is 5.97. The number of nitrogens with zero attached hydrogens (tertiary/aromatic N) is 2. The van der Waals surface area contributed by atoms with E-state index in [9.17, 15) is 19.8 Å². The van der Waals surface area contributed by atoms with Crippen LogP contribution in [0.15, 0.2) is 42.5 Å². The SMILES string of the molecule is CCCCn1c(-c2ccccc2C(=O)O)nc2cc(C(=O)O)ccc21. The van der Waals surface area contributed by atoms with Gasteiger partial charge in [0.15, 0.2) is 0 Å². The monoisotopic (exact) mass is 338 g/mol. The average molecular weight is 338 g/mol. The predicted molar refractivity (Wildman–Crippen MR) is 94.0 cm³/mol. The summed E-state index contributed by atoms with van der Waals surface area (Å²) in [5, 5.41) is 18.7. The second-order valence-electron chi connectivity index (χ2n) is 5.80. The van der Waals surface area contributed by atoms with Gasteiger partial charge in [-0.15, -0.1) is 0 Å². The van der Waals surface area contributed by atoms with Gasteiger partial charge in [0.1, 0.15) is 5.82 Å². The number of hydrogen-bond donors (Lipinski definition) is 2. The number of aryl methyl sites for hydroxylation is 1. The number of carboxylic acid groups (broad SMARTS) is 2. The largest absolute Gasteiger partial charge is 0.478 e. The first-order valence-electron chi connectivity index (χ1n) is 8.09. The molecule has 0 aliphatic rings. The zero-order valence-electron chi connectivity index (χ0n) is 13.8. The Labute approximate surface area is 144 Å². The summed E-state index contributed by atoms with van der Waals surface area (Å²) >= 11 is 0. The average Bonchev–Trinajstić information content (AvgIpc) is 2.97. The van der Waals surface area contributed by atoms with Crippen LogP contribution >= 0.6 is 0 Å². The number of aromatic nitrogens is 2. The Morgan fingerprint density at radius 3 is 2.52 bits per heavy atom. The van der Waals surface area contributed by atoms with Gasteiger partial charge in [0.2, 0.25) is 0 Å². The van der Waals surface area contributed by atoms with Crippen molar-refractivity contribution in [1.29, 1.82) is 0 Å². The minimum absolute atomic E-state index is 0.158. The van der Waals surface area contributed by atoms with Gasteiger partial charge in [0.25, 0.3) is 0 Å². The van der Waals surface area contributed by atoms with Crippen LogP contribution in [0.4, 0.5) is 0 Å². The van der Waals surface area contributed by atoms with Crippen molar-refractivity contribution >= 4 is 23.0 Å². The molecule has 1 heterocycles. The van der Waals surface area contributed by atoms with E-state index < -0.39 is 11.9 Å². The lowest BCUT2D eigenvalue weighted by Crippen LogP contribution is -2.05.